The van der Waals surface area contributed by atoms with E-state index in [1.807, 2.05) is 23.1 Å². The van der Waals surface area contributed by atoms with Crippen LogP contribution in [0.4, 0.5) is 0 Å². The van der Waals surface area contributed by atoms with Crippen molar-refractivity contribution in [2.24, 2.45) is 0 Å². The van der Waals surface area contributed by atoms with Crippen LogP contribution in [0.15, 0.2) is 36.7 Å². The summed E-state index contributed by atoms with van der Waals surface area (Å²) in [7, 11) is 0. The standard InChI is InChI=1S/C12H14N2/c1-10-6-11(2)8-12(7-10)9-14-5-3-4-13-14/h3-8H,9H2,1-2H3. The molecular weight excluding hydrogens is 172 g/mol. The molecule has 2 heteroatoms. The minimum absolute atomic E-state index is 0.857. The highest BCUT2D eigenvalue weighted by molar-refractivity contribution is 5.28. The van der Waals surface area contributed by atoms with Crippen LogP contribution in [0.3, 0.4) is 0 Å². The van der Waals surface area contributed by atoms with Gasteiger partial charge < -0.3 is 0 Å². The lowest BCUT2D eigenvalue weighted by Crippen LogP contribution is -2.00. The molecule has 0 aliphatic rings. The first-order valence-electron chi connectivity index (χ1n) is 4.78. The van der Waals surface area contributed by atoms with Gasteiger partial charge in [-0.15, -0.1) is 0 Å². The second kappa shape index (κ2) is 3.66. The number of hydrogen-bond donors (Lipinski definition) is 0. The topological polar surface area (TPSA) is 17.8 Å². The molecule has 1 aromatic heterocycles. The van der Waals surface area contributed by atoms with Crippen molar-refractivity contribution in [1.82, 2.24) is 9.78 Å². The third-order valence-electron chi connectivity index (χ3n) is 2.19. The Kier molecular flexibility index (Phi) is 2.35. The summed E-state index contributed by atoms with van der Waals surface area (Å²) in [6.45, 7) is 5.11. The highest BCUT2D eigenvalue weighted by Gasteiger charge is 1.97. The summed E-state index contributed by atoms with van der Waals surface area (Å²) in [5.41, 5.74) is 3.94. The second-order valence-electron chi connectivity index (χ2n) is 3.70. The van der Waals surface area contributed by atoms with Gasteiger partial charge in [-0.25, -0.2) is 0 Å². The monoisotopic (exact) mass is 186 g/mol. The number of aryl methyl sites for hydroxylation is 2. The van der Waals surface area contributed by atoms with E-state index >= 15 is 0 Å². The molecule has 0 fully saturated rings. The molecule has 2 aromatic rings. The highest BCUT2D eigenvalue weighted by Crippen LogP contribution is 2.09. The maximum atomic E-state index is 4.19. The van der Waals surface area contributed by atoms with Gasteiger partial charge in [0.25, 0.3) is 0 Å². The minimum atomic E-state index is 0.857. The molecule has 0 aliphatic heterocycles. The van der Waals surface area contributed by atoms with Gasteiger partial charge in [0.15, 0.2) is 0 Å². The first-order valence-corrected chi connectivity index (χ1v) is 4.78. The van der Waals surface area contributed by atoms with E-state index in [0.717, 1.165) is 6.54 Å². The molecule has 0 spiro atoms. The molecule has 72 valence electrons. The summed E-state index contributed by atoms with van der Waals surface area (Å²) in [6, 6.07) is 8.54. The molecular formula is C12H14N2. The Morgan fingerprint density at radius 2 is 1.86 bits per heavy atom. The van der Waals surface area contributed by atoms with Gasteiger partial charge in [-0.3, -0.25) is 4.68 Å². The summed E-state index contributed by atoms with van der Waals surface area (Å²) >= 11 is 0. The van der Waals surface area contributed by atoms with Crippen LogP contribution < -0.4 is 0 Å². The van der Waals surface area contributed by atoms with Crippen LogP contribution in [-0.4, -0.2) is 9.78 Å². The molecule has 0 aliphatic carbocycles. The zero-order valence-electron chi connectivity index (χ0n) is 8.57. The van der Waals surface area contributed by atoms with Crippen LogP contribution in [0.5, 0.6) is 0 Å². The molecule has 1 heterocycles. The first-order chi connectivity index (χ1) is 6.74. The van der Waals surface area contributed by atoms with E-state index in [1.54, 1.807) is 0 Å². The van der Waals surface area contributed by atoms with Gasteiger partial charge >= 0.3 is 0 Å². The predicted octanol–water partition coefficient (Wildman–Crippen LogP) is 2.55. The maximum Gasteiger partial charge on any atom is 0.0659 e. The van der Waals surface area contributed by atoms with Crippen molar-refractivity contribution < 1.29 is 0 Å². The summed E-state index contributed by atoms with van der Waals surface area (Å²) in [6.07, 6.45) is 3.79. The van der Waals surface area contributed by atoms with Crippen molar-refractivity contribution in [2.75, 3.05) is 0 Å². The van der Waals surface area contributed by atoms with Gasteiger partial charge in [-0.05, 0) is 25.5 Å². The second-order valence-corrected chi connectivity index (χ2v) is 3.70. The van der Waals surface area contributed by atoms with Crippen LogP contribution in [-0.2, 0) is 6.54 Å². The van der Waals surface area contributed by atoms with Gasteiger partial charge in [0.2, 0.25) is 0 Å². The average molecular weight is 186 g/mol. The van der Waals surface area contributed by atoms with Crippen LogP contribution in [0.1, 0.15) is 16.7 Å². The smallest absolute Gasteiger partial charge is 0.0659 e. The van der Waals surface area contributed by atoms with E-state index in [-0.39, 0.29) is 0 Å². The van der Waals surface area contributed by atoms with E-state index in [4.69, 9.17) is 0 Å². The van der Waals surface area contributed by atoms with Crippen molar-refractivity contribution in [3.05, 3.63) is 53.3 Å². The fraction of sp³-hybridized carbons (Fsp3) is 0.250. The van der Waals surface area contributed by atoms with E-state index in [9.17, 15) is 0 Å². The lowest BCUT2D eigenvalue weighted by Gasteiger charge is -2.04. The molecule has 0 radical (unpaired) electrons. The minimum Gasteiger partial charge on any atom is -0.268 e. The zero-order valence-corrected chi connectivity index (χ0v) is 8.57. The third-order valence-corrected chi connectivity index (χ3v) is 2.19. The van der Waals surface area contributed by atoms with Gasteiger partial charge in [0, 0.05) is 12.4 Å². The van der Waals surface area contributed by atoms with Crippen molar-refractivity contribution in [3.8, 4) is 0 Å². The maximum absolute atomic E-state index is 4.19. The molecule has 0 unspecified atom stereocenters. The molecule has 0 bridgehead atoms. The highest BCUT2D eigenvalue weighted by atomic mass is 15.3. The quantitative estimate of drug-likeness (QED) is 0.704. The van der Waals surface area contributed by atoms with Gasteiger partial charge in [0.05, 0.1) is 6.54 Å². The Bertz CT molecular complexity index is 396. The third kappa shape index (κ3) is 2.02. The number of nitrogens with zero attached hydrogens (tertiary/aromatic N) is 2. The van der Waals surface area contributed by atoms with Crippen molar-refractivity contribution >= 4 is 0 Å². The van der Waals surface area contributed by atoms with Gasteiger partial charge in [-0.2, -0.15) is 5.10 Å². The Balaban J connectivity index is 2.25. The van der Waals surface area contributed by atoms with Crippen LogP contribution >= 0.6 is 0 Å². The first kappa shape index (κ1) is 9.00. The number of benzene rings is 1. The van der Waals surface area contributed by atoms with Gasteiger partial charge in [0.1, 0.15) is 0 Å². The van der Waals surface area contributed by atoms with Gasteiger partial charge in [-0.1, -0.05) is 29.3 Å². The van der Waals surface area contributed by atoms with Crippen molar-refractivity contribution in [3.63, 3.8) is 0 Å². The fourth-order valence-corrected chi connectivity index (χ4v) is 1.74. The van der Waals surface area contributed by atoms with Crippen LogP contribution in [0, 0.1) is 13.8 Å². The molecule has 0 N–H and O–H groups in total. The molecule has 0 saturated carbocycles. The van der Waals surface area contributed by atoms with Crippen LogP contribution in [0.25, 0.3) is 0 Å². The lowest BCUT2D eigenvalue weighted by atomic mass is 10.1. The largest absolute Gasteiger partial charge is 0.268 e. The predicted molar refractivity (Wildman–Crippen MR) is 57.2 cm³/mol. The van der Waals surface area contributed by atoms with E-state index in [1.165, 1.54) is 16.7 Å². The lowest BCUT2D eigenvalue weighted by molar-refractivity contribution is 0.686. The van der Waals surface area contributed by atoms with Crippen LogP contribution in [0.2, 0.25) is 0 Å². The normalized spacial score (nSPS) is 10.4. The number of aromatic nitrogens is 2. The summed E-state index contributed by atoms with van der Waals surface area (Å²) in [4.78, 5) is 0. The summed E-state index contributed by atoms with van der Waals surface area (Å²) in [5.74, 6) is 0. The van der Waals surface area contributed by atoms with Crippen molar-refractivity contribution in [1.29, 1.82) is 0 Å². The van der Waals surface area contributed by atoms with E-state index in [2.05, 4.69) is 37.1 Å². The average Bonchev–Trinajstić information content (AvgIpc) is 2.54. The SMILES string of the molecule is Cc1cc(C)cc(Cn2cccn2)c1. The Hall–Kier alpha value is -1.57. The molecule has 0 amide bonds. The van der Waals surface area contributed by atoms with E-state index in [0.29, 0.717) is 0 Å². The summed E-state index contributed by atoms with van der Waals surface area (Å²) in [5, 5.41) is 4.19. The molecule has 0 saturated heterocycles. The molecule has 0 atom stereocenters. The Morgan fingerprint density at radius 1 is 1.14 bits per heavy atom. The fourth-order valence-electron chi connectivity index (χ4n) is 1.74. The Morgan fingerprint density at radius 3 is 2.43 bits per heavy atom. The molecule has 14 heavy (non-hydrogen) atoms. The molecule has 1 aromatic carbocycles. The zero-order chi connectivity index (χ0) is 9.97. The number of rotatable bonds is 2. The van der Waals surface area contributed by atoms with E-state index < -0.39 is 0 Å². The molecule has 2 rings (SSSR count). The molecule has 2 nitrogen and oxygen atoms in total. The number of hydrogen-bond acceptors (Lipinski definition) is 1. The van der Waals surface area contributed by atoms with Crippen molar-refractivity contribution in [2.45, 2.75) is 20.4 Å². The Labute approximate surface area is 84.2 Å². The summed E-state index contributed by atoms with van der Waals surface area (Å²) < 4.78 is 1.94.